The summed E-state index contributed by atoms with van der Waals surface area (Å²) in [6.45, 7) is 9.91. The Bertz CT molecular complexity index is 202. The van der Waals surface area contributed by atoms with Gasteiger partial charge in [0, 0.05) is 31.2 Å². The molecule has 1 heterocycles. The molecule has 1 aliphatic rings. The third-order valence-corrected chi connectivity index (χ3v) is 3.95. The molecule has 0 spiro atoms. The van der Waals surface area contributed by atoms with Gasteiger partial charge in [-0.2, -0.15) is 0 Å². The summed E-state index contributed by atoms with van der Waals surface area (Å²) >= 11 is 0. The monoisotopic (exact) mass is 242 g/mol. The first-order valence-corrected chi connectivity index (χ1v) is 6.99. The highest BCUT2D eigenvalue weighted by Crippen LogP contribution is 2.18. The van der Waals surface area contributed by atoms with Crippen LogP contribution in [-0.4, -0.2) is 50.8 Å². The second kappa shape index (κ2) is 7.34. The van der Waals surface area contributed by atoms with Gasteiger partial charge in [0.05, 0.1) is 6.61 Å². The van der Waals surface area contributed by atoms with Crippen LogP contribution in [-0.2, 0) is 4.74 Å². The molecule has 3 atom stereocenters. The second-order valence-corrected chi connectivity index (χ2v) is 5.94. The predicted octanol–water partition coefficient (Wildman–Crippen LogP) is 1.98. The van der Waals surface area contributed by atoms with Gasteiger partial charge < -0.3 is 15.0 Å². The van der Waals surface area contributed by atoms with E-state index in [2.05, 4.69) is 45.1 Å². The van der Waals surface area contributed by atoms with Crippen LogP contribution in [0.5, 0.6) is 0 Å². The minimum absolute atomic E-state index is 0.567. The number of likely N-dealkylation sites (N-methyl/N-ethyl adjacent to an activating group) is 2. The highest BCUT2D eigenvalue weighted by atomic mass is 16.5. The smallest absolute Gasteiger partial charge is 0.0510 e. The van der Waals surface area contributed by atoms with E-state index in [0.717, 1.165) is 25.7 Å². The number of nitrogens with one attached hydrogen (secondary N) is 1. The Morgan fingerprint density at radius 2 is 2.06 bits per heavy atom. The highest BCUT2D eigenvalue weighted by molar-refractivity contribution is 4.82. The van der Waals surface area contributed by atoms with Crippen LogP contribution < -0.4 is 5.32 Å². The van der Waals surface area contributed by atoms with Crippen LogP contribution in [0, 0.1) is 11.8 Å². The number of nitrogens with zero attached hydrogens (tertiary/aromatic N) is 1. The normalized spacial score (nSPS) is 24.5. The van der Waals surface area contributed by atoms with E-state index in [1.807, 2.05) is 0 Å². The van der Waals surface area contributed by atoms with Crippen LogP contribution in [0.2, 0.25) is 0 Å². The zero-order valence-electron chi connectivity index (χ0n) is 12.2. The van der Waals surface area contributed by atoms with E-state index < -0.39 is 0 Å². The Morgan fingerprint density at radius 1 is 1.35 bits per heavy atom. The fourth-order valence-corrected chi connectivity index (χ4v) is 2.70. The second-order valence-electron chi connectivity index (χ2n) is 5.94. The summed E-state index contributed by atoms with van der Waals surface area (Å²) in [6, 6.07) is 1.23. The van der Waals surface area contributed by atoms with Crippen molar-refractivity contribution in [1.29, 1.82) is 0 Å². The lowest BCUT2D eigenvalue weighted by molar-refractivity contribution is 0.155. The lowest BCUT2D eigenvalue weighted by Gasteiger charge is -2.32. The summed E-state index contributed by atoms with van der Waals surface area (Å²) in [4.78, 5) is 2.49. The lowest BCUT2D eigenvalue weighted by atomic mass is 9.97. The van der Waals surface area contributed by atoms with Crippen molar-refractivity contribution in [1.82, 2.24) is 10.2 Å². The topological polar surface area (TPSA) is 24.5 Å². The van der Waals surface area contributed by atoms with Gasteiger partial charge in [0.25, 0.3) is 0 Å². The van der Waals surface area contributed by atoms with Gasteiger partial charge in [-0.1, -0.05) is 13.8 Å². The summed E-state index contributed by atoms with van der Waals surface area (Å²) in [7, 11) is 4.32. The molecule has 1 rings (SSSR count). The summed E-state index contributed by atoms with van der Waals surface area (Å²) in [5.41, 5.74) is 0. The van der Waals surface area contributed by atoms with Gasteiger partial charge in [-0.25, -0.2) is 0 Å². The van der Waals surface area contributed by atoms with Gasteiger partial charge in [0.1, 0.15) is 0 Å². The SMILES string of the molecule is CNC(CN(C)C(C)CC(C)C)C1CCOC1. The van der Waals surface area contributed by atoms with Gasteiger partial charge in [0.15, 0.2) is 0 Å². The van der Waals surface area contributed by atoms with Crippen molar-refractivity contribution in [3.05, 3.63) is 0 Å². The van der Waals surface area contributed by atoms with Crippen molar-refractivity contribution < 1.29 is 4.74 Å². The minimum atomic E-state index is 0.567. The van der Waals surface area contributed by atoms with Crippen molar-refractivity contribution in [3.63, 3.8) is 0 Å². The molecular weight excluding hydrogens is 212 g/mol. The number of rotatable bonds is 7. The first kappa shape index (κ1) is 14.9. The molecule has 0 aromatic carbocycles. The minimum Gasteiger partial charge on any atom is -0.381 e. The number of ether oxygens (including phenoxy) is 1. The molecule has 0 radical (unpaired) electrons. The molecule has 3 heteroatoms. The van der Waals surface area contributed by atoms with Crippen molar-refractivity contribution in [2.24, 2.45) is 11.8 Å². The van der Waals surface area contributed by atoms with Gasteiger partial charge in [-0.3, -0.25) is 0 Å². The molecule has 1 aliphatic heterocycles. The molecule has 0 aromatic heterocycles. The predicted molar refractivity (Wildman–Crippen MR) is 73.3 cm³/mol. The van der Waals surface area contributed by atoms with E-state index in [9.17, 15) is 0 Å². The van der Waals surface area contributed by atoms with Crippen molar-refractivity contribution >= 4 is 0 Å². The molecule has 0 aromatic rings. The van der Waals surface area contributed by atoms with E-state index >= 15 is 0 Å². The Balaban J connectivity index is 2.38. The van der Waals surface area contributed by atoms with E-state index in [1.165, 1.54) is 12.8 Å². The van der Waals surface area contributed by atoms with Crippen molar-refractivity contribution in [2.45, 2.75) is 45.7 Å². The molecular formula is C14H30N2O. The largest absolute Gasteiger partial charge is 0.381 e. The summed E-state index contributed by atoms with van der Waals surface area (Å²) in [5, 5.41) is 3.46. The zero-order valence-corrected chi connectivity index (χ0v) is 12.2. The number of hydrogen-bond donors (Lipinski definition) is 1. The summed E-state index contributed by atoms with van der Waals surface area (Å²) in [6.07, 6.45) is 2.48. The van der Waals surface area contributed by atoms with Crippen LogP contribution >= 0.6 is 0 Å². The van der Waals surface area contributed by atoms with Gasteiger partial charge >= 0.3 is 0 Å². The molecule has 3 unspecified atom stereocenters. The molecule has 0 amide bonds. The van der Waals surface area contributed by atoms with E-state index in [0.29, 0.717) is 18.0 Å². The average molecular weight is 242 g/mol. The Morgan fingerprint density at radius 3 is 2.53 bits per heavy atom. The van der Waals surface area contributed by atoms with Crippen LogP contribution in [0.3, 0.4) is 0 Å². The lowest BCUT2D eigenvalue weighted by Crippen LogP contribution is -2.46. The maximum Gasteiger partial charge on any atom is 0.0510 e. The number of hydrogen-bond acceptors (Lipinski definition) is 3. The standard InChI is InChI=1S/C14H30N2O/c1-11(2)8-12(3)16(5)9-14(15-4)13-6-7-17-10-13/h11-15H,6-10H2,1-5H3. The van der Waals surface area contributed by atoms with Gasteiger partial charge in [0.2, 0.25) is 0 Å². The highest BCUT2D eigenvalue weighted by Gasteiger charge is 2.26. The Labute approximate surface area is 107 Å². The summed E-state index contributed by atoms with van der Waals surface area (Å²) in [5.74, 6) is 1.46. The molecule has 1 N–H and O–H groups in total. The van der Waals surface area contributed by atoms with Crippen molar-refractivity contribution in [3.8, 4) is 0 Å². The average Bonchev–Trinajstić information content (AvgIpc) is 2.77. The van der Waals surface area contributed by atoms with Crippen LogP contribution in [0.1, 0.15) is 33.6 Å². The fourth-order valence-electron chi connectivity index (χ4n) is 2.70. The third kappa shape index (κ3) is 4.94. The molecule has 1 saturated heterocycles. The quantitative estimate of drug-likeness (QED) is 0.739. The van der Waals surface area contributed by atoms with Crippen LogP contribution in [0.25, 0.3) is 0 Å². The molecule has 17 heavy (non-hydrogen) atoms. The first-order valence-electron chi connectivity index (χ1n) is 6.99. The maximum atomic E-state index is 5.49. The van der Waals surface area contributed by atoms with E-state index in [4.69, 9.17) is 4.74 Å². The van der Waals surface area contributed by atoms with Gasteiger partial charge in [-0.05, 0) is 39.8 Å². The Kier molecular flexibility index (Phi) is 6.45. The third-order valence-electron chi connectivity index (χ3n) is 3.95. The van der Waals surface area contributed by atoms with E-state index in [1.54, 1.807) is 0 Å². The van der Waals surface area contributed by atoms with Crippen LogP contribution in [0.15, 0.2) is 0 Å². The molecule has 0 aliphatic carbocycles. The Hall–Kier alpha value is -0.120. The van der Waals surface area contributed by atoms with E-state index in [-0.39, 0.29) is 0 Å². The van der Waals surface area contributed by atoms with Crippen molar-refractivity contribution in [2.75, 3.05) is 33.9 Å². The fraction of sp³-hybridized carbons (Fsp3) is 1.00. The maximum absolute atomic E-state index is 5.49. The van der Waals surface area contributed by atoms with Crippen LogP contribution in [0.4, 0.5) is 0 Å². The molecule has 1 fully saturated rings. The molecule has 0 bridgehead atoms. The molecule has 0 saturated carbocycles. The molecule has 3 nitrogen and oxygen atoms in total. The van der Waals surface area contributed by atoms with Gasteiger partial charge in [-0.15, -0.1) is 0 Å². The zero-order chi connectivity index (χ0) is 12.8. The first-order chi connectivity index (χ1) is 8.04. The molecule has 102 valence electrons. The summed E-state index contributed by atoms with van der Waals surface area (Å²) < 4.78 is 5.49.